The summed E-state index contributed by atoms with van der Waals surface area (Å²) < 4.78 is 0. The Balaban J connectivity index is 1.97. The molecule has 1 atom stereocenters. The molecule has 1 N–H and O–H groups in total. The molecule has 0 saturated carbocycles. The predicted molar refractivity (Wildman–Crippen MR) is 78.8 cm³/mol. The van der Waals surface area contributed by atoms with Crippen molar-refractivity contribution in [3.05, 3.63) is 39.1 Å². The summed E-state index contributed by atoms with van der Waals surface area (Å²) in [6.45, 7) is 2.11. The molecule has 3 rings (SSSR count). The van der Waals surface area contributed by atoms with Crippen LogP contribution in [0.4, 0.5) is 5.82 Å². The smallest absolute Gasteiger partial charge is 0.225 e. The van der Waals surface area contributed by atoms with E-state index in [0.717, 1.165) is 16.0 Å². The van der Waals surface area contributed by atoms with E-state index in [1.807, 2.05) is 11.4 Å². The maximum atomic E-state index is 5.94. The molecule has 3 nitrogen and oxygen atoms in total. The van der Waals surface area contributed by atoms with E-state index in [0.29, 0.717) is 0 Å². The zero-order valence-corrected chi connectivity index (χ0v) is 11.9. The Morgan fingerprint density at radius 3 is 2.94 bits per heavy atom. The third-order valence-electron chi connectivity index (χ3n) is 2.69. The summed E-state index contributed by atoms with van der Waals surface area (Å²) in [6, 6.07) is 4.32. The standard InChI is InChI=1S/C12H10ClN3S2/c1-7(8-2-4-17-6-8)14-10-9-3-5-18-11(9)16-12(13)15-10/h2-7H,1H3,(H,14,15,16). The number of rotatable bonds is 3. The second kappa shape index (κ2) is 4.84. The number of anilines is 1. The van der Waals surface area contributed by atoms with E-state index in [4.69, 9.17) is 11.6 Å². The van der Waals surface area contributed by atoms with Crippen molar-refractivity contribution in [2.45, 2.75) is 13.0 Å². The summed E-state index contributed by atoms with van der Waals surface area (Å²) in [6.07, 6.45) is 0. The first-order valence-corrected chi connectivity index (χ1v) is 7.63. The predicted octanol–water partition coefficient (Wildman–Crippen LogP) is 4.58. The fourth-order valence-electron chi connectivity index (χ4n) is 1.75. The molecule has 1 unspecified atom stereocenters. The van der Waals surface area contributed by atoms with Crippen LogP contribution in [0.5, 0.6) is 0 Å². The van der Waals surface area contributed by atoms with Gasteiger partial charge in [-0.1, -0.05) is 0 Å². The highest BCUT2D eigenvalue weighted by Gasteiger charge is 2.11. The van der Waals surface area contributed by atoms with Gasteiger partial charge in [-0.15, -0.1) is 11.3 Å². The van der Waals surface area contributed by atoms with E-state index in [1.165, 1.54) is 5.56 Å². The highest BCUT2D eigenvalue weighted by Crippen LogP contribution is 2.29. The van der Waals surface area contributed by atoms with Crippen LogP contribution in [0.3, 0.4) is 0 Å². The lowest BCUT2D eigenvalue weighted by Gasteiger charge is -2.13. The highest BCUT2D eigenvalue weighted by molar-refractivity contribution is 7.16. The third kappa shape index (κ3) is 2.21. The van der Waals surface area contributed by atoms with Crippen LogP contribution >= 0.6 is 34.3 Å². The molecule has 0 amide bonds. The maximum absolute atomic E-state index is 5.94. The number of hydrogen-bond donors (Lipinski definition) is 1. The fraction of sp³-hybridized carbons (Fsp3) is 0.167. The van der Waals surface area contributed by atoms with Crippen molar-refractivity contribution < 1.29 is 0 Å². The first-order chi connectivity index (χ1) is 8.74. The number of thiophene rings is 2. The van der Waals surface area contributed by atoms with Crippen molar-refractivity contribution in [2.75, 3.05) is 5.32 Å². The molecule has 0 radical (unpaired) electrons. The van der Waals surface area contributed by atoms with Crippen LogP contribution in [-0.2, 0) is 0 Å². The molecule has 92 valence electrons. The Morgan fingerprint density at radius 1 is 1.28 bits per heavy atom. The molecule has 0 aromatic carbocycles. The lowest BCUT2D eigenvalue weighted by Crippen LogP contribution is -2.07. The van der Waals surface area contributed by atoms with Crippen LogP contribution in [0.1, 0.15) is 18.5 Å². The number of nitrogens with one attached hydrogen (secondary N) is 1. The Hall–Kier alpha value is -1.17. The molecule has 0 spiro atoms. The van der Waals surface area contributed by atoms with Crippen molar-refractivity contribution >= 4 is 50.3 Å². The monoisotopic (exact) mass is 295 g/mol. The minimum Gasteiger partial charge on any atom is -0.363 e. The SMILES string of the molecule is CC(Nc1nc(Cl)nc2sccc12)c1ccsc1. The maximum Gasteiger partial charge on any atom is 0.225 e. The first-order valence-electron chi connectivity index (χ1n) is 5.43. The van der Waals surface area contributed by atoms with Gasteiger partial charge in [0.2, 0.25) is 5.28 Å². The minimum atomic E-state index is 0.199. The Morgan fingerprint density at radius 2 is 2.17 bits per heavy atom. The fourth-order valence-corrected chi connectivity index (χ4v) is 3.49. The number of aromatic nitrogens is 2. The molecule has 0 bridgehead atoms. The number of fused-ring (bicyclic) bond motifs is 1. The van der Waals surface area contributed by atoms with Gasteiger partial charge in [-0.25, -0.2) is 9.97 Å². The molecule has 18 heavy (non-hydrogen) atoms. The van der Waals surface area contributed by atoms with Crippen molar-refractivity contribution in [3.63, 3.8) is 0 Å². The molecular formula is C12H10ClN3S2. The average Bonchev–Trinajstić information content (AvgIpc) is 2.98. The minimum absolute atomic E-state index is 0.199. The van der Waals surface area contributed by atoms with E-state index in [9.17, 15) is 0 Å². The van der Waals surface area contributed by atoms with Crippen molar-refractivity contribution in [2.24, 2.45) is 0 Å². The molecule has 6 heteroatoms. The molecular weight excluding hydrogens is 286 g/mol. The average molecular weight is 296 g/mol. The second-order valence-electron chi connectivity index (χ2n) is 3.90. The van der Waals surface area contributed by atoms with E-state index in [-0.39, 0.29) is 11.3 Å². The van der Waals surface area contributed by atoms with Crippen molar-refractivity contribution in [3.8, 4) is 0 Å². The number of halogens is 1. The van der Waals surface area contributed by atoms with Crippen molar-refractivity contribution in [1.29, 1.82) is 0 Å². The molecule has 0 saturated heterocycles. The van der Waals surface area contributed by atoms with E-state index >= 15 is 0 Å². The van der Waals surface area contributed by atoms with Crippen LogP contribution in [0, 0.1) is 0 Å². The molecule has 0 aliphatic heterocycles. The molecule has 3 aromatic rings. The Labute approximate surface area is 117 Å². The lowest BCUT2D eigenvalue weighted by molar-refractivity contribution is 0.881. The van der Waals surface area contributed by atoms with Gasteiger partial charge in [0.25, 0.3) is 0 Å². The van der Waals surface area contributed by atoms with E-state index in [2.05, 4.69) is 39.0 Å². The topological polar surface area (TPSA) is 37.8 Å². The zero-order valence-electron chi connectivity index (χ0n) is 9.55. The summed E-state index contributed by atoms with van der Waals surface area (Å²) in [5.74, 6) is 0.796. The van der Waals surface area contributed by atoms with Gasteiger partial charge in [0, 0.05) is 0 Å². The van der Waals surface area contributed by atoms with Gasteiger partial charge in [0.05, 0.1) is 11.4 Å². The van der Waals surface area contributed by atoms with E-state index < -0.39 is 0 Å². The molecule has 0 aliphatic rings. The van der Waals surface area contributed by atoms with Gasteiger partial charge in [0.1, 0.15) is 10.6 Å². The van der Waals surface area contributed by atoms with Gasteiger partial charge in [-0.05, 0) is 52.4 Å². The van der Waals surface area contributed by atoms with Crippen molar-refractivity contribution in [1.82, 2.24) is 9.97 Å². The lowest BCUT2D eigenvalue weighted by atomic mass is 10.2. The highest BCUT2D eigenvalue weighted by atomic mass is 35.5. The zero-order chi connectivity index (χ0) is 12.5. The molecule has 0 fully saturated rings. The number of hydrogen-bond acceptors (Lipinski definition) is 5. The van der Waals surface area contributed by atoms with Gasteiger partial charge in [0.15, 0.2) is 0 Å². The van der Waals surface area contributed by atoms with Gasteiger partial charge < -0.3 is 5.32 Å². The summed E-state index contributed by atoms with van der Waals surface area (Å²) in [7, 11) is 0. The van der Waals surface area contributed by atoms with E-state index in [1.54, 1.807) is 22.7 Å². The van der Waals surface area contributed by atoms with Crippen LogP contribution in [0.2, 0.25) is 5.28 Å². The van der Waals surface area contributed by atoms with Crippen LogP contribution in [0.15, 0.2) is 28.3 Å². The summed E-state index contributed by atoms with van der Waals surface area (Å²) in [5.41, 5.74) is 1.25. The van der Waals surface area contributed by atoms with Gasteiger partial charge >= 0.3 is 0 Å². The summed E-state index contributed by atoms with van der Waals surface area (Å²) in [5, 5.41) is 10.9. The Kier molecular flexibility index (Phi) is 3.20. The van der Waals surface area contributed by atoms with Crippen LogP contribution in [-0.4, -0.2) is 9.97 Å². The van der Waals surface area contributed by atoms with Gasteiger partial charge in [-0.3, -0.25) is 0 Å². The van der Waals surface area contributed by atoms with Gasteiger partial charge in [-0.2, -0.15) is 11.3 Å². The molecule has 3 heterocycles. The summed E-state index contributed by atoms with van der Waals surface area (Å²) >= 11 is 9.19. The molecule has 0 aliphatic carbocycles. The third-order valence-corrected chi connectivity index (χ3v) is 4.37. The number of nitrogens with zero attached hydrogens (tertiary/aromatic N) is 2. The normalized spacial score (nSPS) is 12.8. The Bertz CT molecular complexity index is 663. The second-order valence-corrected chi connectivity index (χ2v) is 5.92. The quantitative estimate of drug-likeness (QED) is 0.719. The largest absolute Gasteiger partial charge is 0.363 e. The van der Waals surface area contributed by atoms with Crippen LogP contribution in [0.25, 0.3) is 10.2 Å². The summed E-state index contributed by atoms with van der Waals surface area (Å²) in [4.78, 5) is 9.39. The first kappa shape index (κ1) is 11.9. The molecule has 3 aromatic heterocycles. The van der Waals surface area contributed by atoms with Crippen LogP contribution < -0.4 is 5.32 Å².